The highest BCUT2D eigenvalue weighted by Gasteiger charge is 2.41. The lowest BCUT2D eigenvalue weighted by molar-refractivity contribution is -0.130. The molecule has 1 aliphatic rings. The van der Waals surface area contributed by atoms with Crippen LogP contribution in [0.25, 0.3) is 0 Å². The molecule has 0 radical (unpaired) electrons. The summed E-state index contributed by atoms with van der Waals surface area (Å²) >= 11 is 0. The first kappa shape index (κ1) is 11.5. The Balaban J connectivity index is 2.23. The highest BCUT2D eigenvalue weighted by molar-refractivity contribution is 5.80. The van der Waals surface area contributed by atoms with E-state index in [-0.39, 0.29) is 12.0 Å². The van der Waals surface area contributed by atoms with Gasteiger partial charge in [-0.3, -0.25) is 4.79 Å². The first-order valence-electron chi connectivity index (χ1n) is 5.44. The minimum atomic E-state index is -0.326. The van der Waals surface area contributed by atoms with Gasteiger partial charge in [0.1, 0.15) is 6.10 Å². The van der Waals surface area contributed by atoms with Crippen molar-refractivity contribution >= 4 is 5.91 Å². The highest BCUT2D eigenvalue weighted by Crippen LogP contribution is 2.48. The molecule has 0 saturated heterocycles. The van der Waals surface area contributed by atoms with E-state index in [1.165, 1.54) is 25.7 Å². The van der Waals surface area contributed by atoms with Crippen LogP contribution in [-0.2, 0) is 9.53 Å². The number of methoxy groups -OCH3 is 1. The van der Waals surface area contributed by atoms with Gasteiger partial charge >= 0.3 is 0 Å². The molecule has 1 unspecified atom stereocenters. The summed E-state index contributed by atoms with van der Waals surface area (Å²) in [5.41, 5.74) is 0.428. The Bertz CT molecular complexity index is 199. The average molecular weight is 199 g/mol. The van der Waals surface area contributed by atoms with Gasteiger partial charge in [0, 0.05) is 13.7 Å². The first-order chi connectivity index (χ1) is 6.63. The Hall–Kier alpha value is -0.570. The molecule has 0 aromatic heterocycles. The molecule has 0 aromatic rings. The molecule has 14 heavy (non-hydrogen) atoms. The number of ether oxygens (including phenoxy) is 1. The Kier molecular flexibility index (Phi) is 3.93. The molecule has 0 bridgehead atoms. The Morgan fingerprint density at radius 3 is 2.64 bits per heavy atom. The van der Waals surface area contributed by atoms with Gasteiger partial charge in [-0.2, -0.15) is 0 Å². The second-order valence-electron chi connectivity index (χ2n) is 4.35. The Labute approximate surface area is 86.2 Å². The second-order valence-corrected chi connectivity index (χ2v) is 4.35. The summed E-state index contributed by atoms with van der Waals surface area (Å²) in [4.78, 5) is 11.4. The number of carbonyl (C=O) groups excluding carboxylic acids is 1. The van der Waals surface area contributed by atoms with Crippen molar-refractivity contribution in [3.05, 3.63) is 0 Å². The highest BCUT2D eigenvalue weighted by atomic mass is 16.5. The van der Waals surface area contributed by atoms with E-state index >= 15 is 0 Å². The van der Waals surface area contributed by atoms with Gasteiger partial charge in [0.05, 0.1) is 0 Å². The van der Waals surface area contributed by atoms with Crippen molar-refractivity contribution in [2.45, 2.75) is 45.6 Å². The summed E-state index contributed by atoms with van der Waals surface area (Å²) in [5, 5.41) is 2.96. The van der Waals surface area contributed by atoms with Crippen LogP contribution in [0.1, 0.15) is 39.5 Å². The molecule has 1 atom stereocenters. The van der Waals surface area contributed by atoms with E-state index in [2.05, 4.69) is 12.2 Å². The number of carbonyl (C=O) groups is 1. The summed E-state index contributed by atoms with van der Waals surface area (Å²) in [7, 11) is 1.56. The minimum Gasteiger partial charge on any atom is -0.372 e. The van der Waals surface area contributed by atoms with Crippen LogP contribution in [-0.4, -0.2) is 25.7 Å². The van der Waals surface area contributed by atoms with Crippen molar-refractivity contribution in [3.63, 3.8) is 0 Å². The Morgan fingerprint density at radius 1 is 1.57 bits per heavy atom. The average Bonchev–Trinajstić information content (AvgIpc) is 2.94. The first-order valence-corrected chi connectivity index (χ1v) is 5.44. The lowest BCUT2D eigenvalue weighted by atomic mass is 10.0. The normalized spacial score (nSPS) is 20.2. The number of nitrogens with one attached hydrogen (secondary N) is 1. The molecule has 1 amide bonds. The van der Waals surface area contributed by atoms with E-state index in [0.717, 1.165) is 6.54 Å². The minimum absolute atomic E-state index is 0.00915. The summed E-state index contributed by atoms with van der Waals surface area (Å²) in [5.74, 6) is 0.00915. The molecule has 1 N–H and O–H groups in total. The second kappa shape index (κ2) is 4.78. The molecule has 0 aliphatic heterocycles. The maximum atomic E-state index is 11.4. The van der Waals surface area contributed by atoms with Crippen LogP contribution in [0.15, 0.2) is 0 Å². The van der Waals surface area contributed by atoms with Crippen molar-refractivity contribution in [3.8, 4) is 0 Å². The Morgan fingerprint density at radius 2 is 2.21 bits per heavy atom. The van der Waals surface area contributed by atoms with E-state index in [4.69, 9.17) is 4.74 Å². The third-order valence-electron chi connectivity index (χ3n) is 3.10. The monoisotopic (exact) mass is 199 g/mol. The van der Waals surface area contributed by atoms with Crippen LogP contribution in [0.4, 0.5) is 0 Å². The third-order valence-corrected chi connectivity index (χ3v) is 3.10. The van der Waals surface area contributed by atoms with E-state index in [1.807, 2.05) is 0 Å². The zero-order valence-corrected chi connectivity index (χ0v) is 9.43. The molecular formula is C11H21NO2. The van der Waals surface area contributed by atoms with Crippen LogP contribution in [0.2, 0.25) is 0 Å². The van der Waals surface area contributed by atoms with Crippen LogP contribution in [0, 0.1) is 5.41 Å². The summed E-state index contributed by atoms with van der Waals surface area (Å²) in [6, 6.07) is 0. The molecule has 82 valence electrons. The fourth-order valence-electron chi connectivity index (χ4n) is 1.75. The van der Waals surface area contributed by atoms with Crippen molar-refractivity contribution in [2.24, 2.45) is 5.41 Å². The van der Waals surface area contributed by atoms with E-state index < -0.39 is 0 Å². The summed E-state index contributed by atoms with van der Waals surface area (Å²) < 4.78 is 4.95. The lowest BCUT2D eigenvalue weighted by Crippen LogP contribution is -2.37. The molecule has 1 aliphatic carbocycles. The van der Waals surface area contributed by atoms with Crippen LogP contribution in [0.5, 0.6) is 0 Å². The molecule has 3 nitrogen and oxygen atoms in total. The molecule has 3 heteroatoms. The largest absolute Gasteiger partial charge is 0.372 e. The van der Waals surface area contributed by atoms with E-state index in [1.54, 1.807) is 14.0 Å². The standard InChI is InChI=1S/C11H21NO2/c1-4-5-11(6-7-11)8-12-10(13)9(2)14-3/h9H,4-8H2,1-3H3,(H,12,13). The molecule has 1 rings (SSSR count). The smallest absolute Gasteiger partial charge is 0.248 e. The molecule has 0 spiro atoms. The van der Waals surface area contributed by atoms with Crippen molar-refractivity contribution in [2.75, 3.05) is 13.7 Å². The maximum absolute atomic E-state index is 11.4. The third kappa shape index (κ3) is 2.98. The maximum Gasteiger partial charge on any atom is 0.248 e. The predicted molar refractivity (Wildman–Crippen MR) is 56.1 cm³/mol. The molecule has 0 heterocycles. The van der Waals surface area contributed by atoms with Crippen LogP contribution >= 0.6 is 0 Å². The summed E-state index contributed by atoms with van der Waals surface area (Å²) in [6.45, 7) is 4.79. The van der Waals surface area contributed by atoms with Gasteiger partial charge < -0.3 is 10.1 Å². The predicted octanol–water partition coefficient (Wildman–Crippen LogP) is 1.72. The SMILES string of the molecule is CCCC1(CNC(=O)C(C)OC)CC1. The van der Waals surface area contributed by atoms with E-state index in [0.29, 0.717) is 5.41 Å². The zero-order chi connectivity index (χ0) is 10.6. The summed E-state index contributed by atoms with van der Waals surface area (Å²) in [6.07, 6.45) is 4.64. The van der Waals surface area contributed by atoms with Crippen molar-refractivity contribution in [1.82, 2.24) is 5.32 Å². The lowest BCUT2D eigenvalue weighted by Gasteiger charge is -2.16. The number of amides is 1. The van der Waals surface area contributed by atoms with Gasteiger partial charge in [-0.25, -0.2) is 0 Å². The van der Waals surface area contributed by atoms with Gasteiger partial charge in [0.15, 0.2) is 0 Å². The number of hydrogen-bond acceptors (Lipinski definition) is 2. The zero-order valence-electron chi connectivity index (χ0n) is 9.43. The fourth-order valence-corrected chi connectivity index (χ4v) is 1.75. The van der Waals surface area contributed by atoms with Crippen LogP contribution in [0.3, 0.4) is 0 Å². The fraction of sp³-hybridized carbons (Fsp3) is 0.909. The van der Waals surface area contributed by atoms with Gasteiger partial charge in [0.2, 0.25) is 5.91 Å². The van der Waals surface area contributed by atoms with Gasteiger partial charge in [-0.1, -0.05) is 13.3 Å². The molecule has 1 fully saturated rings. The molecule has 0 aromatic carbocycles. The molecule has 1 saturated carbocycles. The van der Waals surface area contributed by atoms with Gasteiger partial charge in [0.25, 0.3) is 0 Å². The van der Waals surface area contributed by atoms with Crippen molar-refractivity contribution < 1.29 is 9.53 Å². The van der Waals surface area contributed by atoms with Gasteiger partial charge in [-0.15, -0.1) is 0 Å². The molecular weight excluding hydrogens is 178 g/mol. The van der Waals surface area contributed by atoms with Crippen LogP contribution < -0.4 is 5.32 Å². The quantitative estimate of drug-likeness (QED) is 0.707. The topological polar surface area (TPSA) is 38.3 Å². The van der Waals surface area contributed by atoms with E-state index in [9.17, 15) is 4.79 Å². The number of hydrogen-bond donors (Lipinski definition) is 1. The van der Waals surface area contributed by atoms with Gasteiger partial charge in [-0.05, 0) is 31.6 Å². The van der Waals surface area contributed by atoms with Crippen molar-refractivity contribution in [1.29, 1.82) is 0 Å². The number of rotatable bonds is 6.